The van der Waals surface area contributed by atoms with Gasteiger partial charge in [-0.3, -0.25) is 4.79 Å². The molecule has 1 fully saturated rings. The SMILES string of the molecule is CC(OC(=O)OC1CC1)[C@@H](C)OC(=O)[C@@H](N)Cc1ccc(O)c(O)c1. The summed E-state index contributed by atoms with van der Waals surface area (Å²) in [5.41, 5.74) is 6.38. The topological polar surface area (TPSA) is 128 Å². The van der Waals surface area contributed by atoms with Gasteiger partial charge >= 0.3 is 12.1 Å². The van der Waals surface area contributed by atoms with E-state index in [0.29, 0.717) is 5.56 Å². The lowest BCUT2D eigenvalue weighted by molar-refractivity contribution is -0.155. The van der Waals surface area contributed by atoms with E-state index in [2.05, 4.69) is 0 Å². The van der Waals surface area contributed by atoms with Gasteiger partial charge in [0.1, 0.15) is 24.4 Å². The lowest BCUT2D eigenvalue weighted by atomic mass is 10.1. The van der Waals surface area contributed by atoms with Crippen LogP contribution in [0.15, 0.2) is 18.2 Å². The van der Waals surface area contributed by atoms with Crippen LogP contribution in [0, 0.1) is 0 Å². The number of aromatic hydroxyl groups is 2. The second-order valence-corrected chi connectivity index (χ2v) is 6.17. The molecule has 25 heavy (non-hydrogen) atoms. The first-order valence-corrected chi connectivity index (χ1v) is 8.10. The van der Waals surface area contributed by atoms with Crippen molar-refractivity contribution in [1.82, 2.24) is 0 Å². The van der Waals surface area contributed by atoms with Crippen molar-refractivity contribution in [3.05, 3.63) is 23.8 Å². The van der Waals surface area contributed by atoms with Crippen molar-refractivity contribution < 1.29 is 34.0 Å². The second kappa shape index (κ2) is 8.06. The van der Waals surface area contributed by atoms with Crippen molar-refractivity contribution in [3.63, 3.8) is 0 Å². The molecular weight excluding hydrogens is 330 g/mol. The largest absolute Gasteiger partial charge is 0.508 e. The van der Waals surface area contributed by atoms with E-state index in [4.69, 9.17) is 19.9 Å². The summed E-state index contributed by atoms with van der Waals surface area (Å²) in [5.74, 6) is -1.20. The van der Waals surface area contributed by atoms with Gasteiger partial charge in [0.05, 0.1) is 0 Å². The Morgan fingerprint density at radius 1 is 1.16 bits per heavy atom. The van der Waals surface area contributed by atoms with Gasteiger partial charge in [-0.15, -0.1) is 0 Å². The van der Waals surface area contributed by atoms with Crippen LogP contribution in [0.4, 0.5) is 4.79 Å². The number of hydrogen-bond acceptors (Lipinski definition) is 8. The number of esters is 1. The van der Waals surface area contributed by atoms with Gasteiger partial charge in [0.25, 0.3) is 0 Å². The van der Waals surface area contributed by atoms with Crippen molar-refractivity contribution >= 4 is 12.1 Å². The molecule has 1 aliphatic carbocycles. The number of ether oxygens (including phenoxy) is 3. The molecule has 1 aromatic rings. The molecule has 0 aliphatic heterocycles. The lowest BCUT2D eigenvalue weighted by Crippen LogP contribution is -2.39. The van der Waals surface area contributed by atoms with Crippen LogP contribution in [-0.4, -0.2) is 46.7 Å². The fraction of sp³-hybridized carbons (Fsp3) is 0.529. The highest BCUT2D eigenvalue weighted by molar-refractivity contribution is 5.76. The maximum atomic E-state index is 12.1. The Bertz CT molecular complexity index is 629. The van der Waals surface area contributed by atoms with Crippen LogP contribution in [0.25, 0.3) is 0 Å². The normalized spacial score (nSPS) is 17.2. The van der Waals surface area contributed by atoms with E-state index < -0.39 is 30.4 Å². The molecule has 138 valence electrons. The first-order chi connectivity index (χ1) is 11.8. The lowest BCUT2D eigenvalue weighted by Gasteiger charge is -2.22. The smallest absolute Gasteiger partial charge is 0.504 e. The minimum atomic E-state index is -0.961. The highest BCUT2D eigenvalue weighted by Gasteiger charge is 2.29. The quantitative estimate of drug-likeness (QED) is 0.498. The van der Waals surface area contributed by atoms with Crippen molar-refractivity contribution in [3.8, 4) is 11.5 Å². The van der Waals surface area contributed by atoms with E-state index in [1.807, 2.05) is 0 Å². The number of phenols is 2. The Morgan fingerprint density at radius 3 is 2.40 bits per heavy atom. The molecule has 8 nitrogen and oxygen atoms in total. The predicted octanol–water partition coefficient (Wildman–Crippen LogP) is 1.60. The molecule has 1 unspecified atom stereocenters. The first kappa shape index (κ1) is 18.9. The molecule has 0 bridgehead atoms. The number of benzene rings is 1. The Kier molecular flexibility index (Phi) is 6.08. The molecular formula is C17H23NO7. The number of hydrogen-bond donors (Lipinski definition) is 3. The average Bonchev–Trinajstić information content (AvgIpc) is 3.34. The molecule has 0 heterocycles. The Balaban J connectivity index is 1.79. The summed E-state index contributed by atoms with van der Waals surface area (Å²) >= 11 is 0. The minimum absolute atomic E-state index is 0.0623. The summed E-state index contributed by atoms with van der Waals surface area (Å²) in [4.78, 5) is 23.5. The number of phenolic OH excluding ortho intramolecular Hbond substituents is 2. The first-order valence-electron chi connectivity index (χ1n) is 8.10. The molecule has 1 aromatic carbocycles. The Labute approximate surface area is 145 Å². The molecule has 4 N–H and O–H groups in total. The summed E-state index contributed by atoms with van der Waals surface area (Å²) in [6.07, 6.45) is -0.405. The van der Waals surface area contributed by atoms with Gasteiger partial charge in [0, 0.05) is 0 Å². The summed E-state index contributed by atoms with van der Waals surface area (Å²) in [6, 6.07) is 3.22. The Morgan fingerprint density at radius 2 is 1.80 bits per heavy atom. The third kappa shape index (κ3) is 5.82. The third-order valence-corrected chi connectivity index (χ3v) is 3.83. The van der Waals surface area contributed by atoms with Crippen molar-refractivity contribution in [2.24, 2.45) is 5.73 Å². The standard InChI is InChI=1S/C17H23NO7/c1-9(10(2)24-17(22)25-12-4-5-12)23-16(21)13(18)7-11-3-6-14(19)15(20)8-11/h3,6,8-10,12-13,19-20H,4-5,7,18H2,1-2H3/t9-,10?,13+/m1/s1. The highest BCUT2D eigenvalue weighted by Crippen LogP contribution is 2.26. The van der Waals surface area contributed by atoms with Gasteiger partial charge in [0.2, 0.25) is 0 Å². The molecule has 0 saturated heterocycles. The fourth-order valence-corrected chi connectivity index (χ4v) is 2.00. The van der Waals surface area contributed by atoms with E-state index in [1.165, 1.54) is 12.1 Å². The van der Waals surface area contributed by atoms with Crippen LogP contribution in [0.3, 0.4) is 0 Å². The van der Waals surface area contributed by atoms with Crippen molar-refractivity contribution in [2.45, 2.75) is 57.5 Å². The van der Waals surface area contributed by atoms with Crippen molar-refractivity contribution in [2.75, 3.05) is 0 Å². The van der Waals surface area contributed by atoms with Crippen LogP contribution in [0.5, 0.6) is 11.5 Å². The number of carbonyl (C=O) groups excluding carboxylic acids is 2. The maximum Gasteiger partial charge on any atom is 0.508 e. The molecule has 0 aromatic heterocycles. The molecule has 0 spiro atoms. The van der Waals surface area contributed by atoms with Gasteiger partial charge < -0.3 is 30.2 Å². The van der Waals surface area contributed by atoms with Gasteiger partial charge in [0.15, 0.2) is 11.5 Å². The van der Waals surface area contributed by atoms with Crippen LogP contribution >= 0.6 is 0 Å². The average molecular weight is 353 g/mol. The number of carbonyl (C=O) groups is 2. The van der Waals surface area contributed by atoms with E-state index in [0.717, 1.165) is 12.8 Å². The molecule has 8 heteroatoms. The summed E-state index contributed by atoms with van der Waals surface area (Å²) in [6.45, 7) is 3.18. The minimum Gasteiger partial charge on any atom is -0.504 e. The zero-order valence-corrected chi connectivity index (χ0v) is 14.2. The van der Waals surface area contributed by atoms with Gasteiger partial charge in [-0.05, 0) is 50.8 Å². The van der Waals surface area contributed by atoms with Crippen molar-refractivity contribution in [1.29, 1.82) is 0 Å². The highest BCUT2D eigenvalue weighted by atomic mass is 16.7. The molecule has 0 amide bonds. The van der Waals surface area contributed by atoms with E-state index in [-0.39, 0.29) is 24.0 Å². The molecule has 3 atom stereocenters. The van der Waals surface area contributed by atoms with Crippen LogP contribution < -0.4 is 5.73 Å². The zero-order chi connectivity index (χ0) is 18.6. The van der Waals surface area contributed by atoms with E-state index in [1.54, 1.807) is 19.9 Å². The second-order valence-electron chi connectivity index (χ2n) is 6.17. The number of nitrogens with two attached hydrogens (primary N) is 1. The maximum absolute atomic E-state index is 12.1. The van der Waals surface area contributed by atoms with Gasteiger partial charge in [-0.2, -0.15) is 0 Å². The molecule has 1 aliphatic rings. The third-order valence-electron chi connectivity index (χ3n) is 3.83. The van der Waals surface area contributed by atoms with Crippen LogP contribution in [0.2, 0.25) is 0 Å². The van der Waals surface area contributed by atoms with E-state index in [9.17, 15) is 19.8 Å². The molecule has 0 radical (unpaired) electrons. The summed E-state index contributed by atoms with van der Waals surface area (Å²) < 4.78 is 15.2. The van der Waals surface area contributed by atoms with Crippen LogP contribution in [-0.2, 0) is 25.4 Å². The Hall–Kier alpha value is -2.48. The van der Waals surface area contributed by atoms with Crippen LogP contribution in [0.1, 0.15) is 32.3 Å². The zero-order valence-electron chi connectivity index (χ0n) is 14.2. The summed E-state index contributed by atoms with van der Waals surface area (Å²) in [5, 5.41) is 18.7. The molecule has 2 rings (SSSR count). The molecule has 1 saturated carbocycles. The monoisotopic (exact) mass is 353 g/mol. The predicted molar refractivity (Wildman–Crippen MR) is 87.1 cm³/mol. The fourth-order valence-electron chi connectivity index (χ4n) is 2.00. The summed E-state index contributed by atoms with van der Waals surface area (Å²) in [7, 11) is 0. The van der Waals surface area contributed by atoms with E-state index >= 15 is 0 Å². The van der Waals surface area contributed by atoms with Gasteiger partial charge in [-0.1, -0.05) is 6.07 Å². The van der Waals surface area contributed by atoms with Gasteiger partial charge in [-0.25, -0.2) is 4.79 Å². The number of rotatable bonds is 7.